The highest BCUT2D eigenvalue weighted by molar-refractivity contribution is 6.00. The molecule has 214 valence electrons. The molecule has 0 radical (unpaired) electrons. The van der Waals surface area contributed by atoms with Gasteiger partial charge in [0.15, 0.2) is 11.6 Å². The van der Waals surface area contributed by atoms with Gasteiger partial charge in [-0.05, 0) is 58.4 Å². The highest BCUT2D eigenvalue weighted by Gasteiger charge is 2.53. The van der Waals surface area contributed by atoms with E-state index in [2.05, 4.69) is 10.6 Å². The predicted molar refractivity (Wildman–Crippen MR) is 148 cm³/mol. The number of ether oxygens (including phenoxy) is 3. The number of aliphatic hydroxyl groups excluding tert-OH is 1. The summed E-state index contributed by atoms with van der Waals surface area (Å²) in [5.41, 5.74) is -0.780. The van der Waals surface area contributed by atoms with E-state index in [1.807, 2.05) is 45.0 Å². The van der Waals surface area contributed by atoms with Gasteiger partial charge in [0.1, 0.15) is 29.2 Å². The van der Waals surface area contributed by atoms with Crippen LogP contribution in [0.25, 0.3) is 0 Å². The van der Waals surface area contributed by atoms with Crippen molar-refractivity contribution in [2.24, 2.45) is 0 Å². The topological polar surface area (TPSA) is 133 Å². The SMILES string of the molecule is CCC1(C)CC(=O)N([C@H]2c3cc(C(=O)N[C@@H]4c5ccccc5OC(C)(C)[C@H]4O)ccc3OC2(C)COC)C(=N)N1. The van der Waals surface area contributed by atoms with Crippen LogP contribution in [0.3, 0.4) is 0 Å². The number of carbonyl (C=O) groups excluding carboxylic acids is 2. The average Bonchev–Trinajstić information content (AvgIpc) is 3.17. The molecule has 3 heterocycles. The maximum Gasteiger partial charge on any atom is 0.251 e. The Labute approximate surface area is 234 Å². The summed E-state index contributed by atoms with van der Waals surface area (Å²) in [6, 6.07) is 11.0. The number of amides is 2. The lowest BCUT2D eigenvalue weighted by Gasteiger charge is -2.45. The Morgan fingerprint density at radius 1 is 1.15 bits per heavy atom. The Kier molecular flexibility index (Phi) is 6.82. The molecule has 10 nitrogen and oxygen atoms in total. The van der Waals surface area contributed by atoms with Crippen molar-refractivity contribution < 1.29 is 28.9 Å². The van der Waals surface area contributed by atoms with Crippen molar-refractivity contribution in [3.05, 3.63) is 59.2 Å². The van der Waals surface area contributed by atoms with Crippen molar-refractivity contribution in [1.29, 1.82) is 5.41 Å². The molecule has 4 N–H and O–H groups in total. The Morgan fingerprint density at radius 2 is 1.85 bits per heavy atom. The number of methoxy groups -OCH3 is 1. The van der Waals surface area contributed by atoms with Crippen molar-refractivity contribution in [3.8, 4) is 11.5 Å². The van der Waals surface area contributed by atoms with Crippen molar-refractivity contribution in [2.75, 3.05) is 13.7 Å². The second-order valence-electron chi connectivity index (χ2n) is 12.0. The van der Waals surface area contributed by atoms with Crippen LogP contribution in [-0.2, 0) is 9.53 Å². The lowest BCUT2D eigenvalue weighted by Crippen LogP contribution is -2.64. The number of nitrogens with one attached hydrogen (secondary N) is 3. The van der Waals surface area contributed by atoms with Crippen LogP contribution < -0.4 is 20.1 Å². The van der Waals surface area contributed by atoms with Gasteiger partial charge in [0.2, 0.25) is 5.91 Å². The third-order valence-corrected chi connectivity index (χ3v) is 8.37. The molecular formula is C30H38N4O6. The Balaban J connectivity index is 1.49. The number of fused-ring (bicyclic) bond motifs is 2. The number of hydrogen-bond acceptors (Lipinski definition) is 7. The quantitative estimate of drug-likeness (QED) is 0.433. The van der Waals surface area contributed by atoms with E-state index in [0.717, 1.165) is 0 Å². The molecule has 0 aliphatic carbocycles. The first kappa shape index (κ1) is 27.9. The van der Waals surface area contributed by atoms with Gasteiger partial charge in [0, 0.05) is 29.3 Å². The first-order valence-corrected chi connectivity index (χ1v) is 13.6. The minimum Gasteiger partial charge on any atom is -0.485 e. The summed E-state index contributed by atoms with van der Waals surface area (Å²) in [4.78, 5) is 28.6. The highest BCUT2D eigenvalue weighted by Crippen LogP contribution is 2.48. The van der Waals surface area contributed by atoms with Gasteiger partial charge in [0.25, 0.3) is 5.91 Å². The molecule has 2 aromatic rings. The summed E-state index contributed by atoms with van der Waals surface area (Å²) in [6.07, 6.45) is -0.0884. The van der Waals surface area contributed by atoms with Crippen LogP contribution in [0, 0.1) is 5.41 Å². The number of aliphatic hydroxyl groups is 1. The molecule has 2 amide bonds. The van der Waals surface area contributed by atoms with E-state index in [0.29, 0.717) is 34.6 Å². The Morgan fingerprint density at radius 3 is 2.52 bits per heavy atom. The van der Waals surface area contributed by atoms with E-state index in [4.69, 9.17) is 19.6 Å². The van der Waals surface area contributed by atoms with Gasteiger partial charge in [-0.1, -0.05) is 25.1 Å². The standard InChI is InChI=1S/C30H38N4O6/c1-7-29(4)15-22(35)34(27(31)33-29)24-19-14-17(12-13-21(19)40-30(24,5)16-38-6)26(37)32-23-18-10-8-9-11-20(18)39-28(2,3)25(23)36/h8-14,23-25,36H,7,15-16H2,1-6H3,(H2,31,33)(H,32,37)/t23-,24+,25+,29?,30?/m1/s1. The largest absolute Gasteiger partial charge is 0.485 e. The van der Waals surface area contributed by atoms with E-state index < -0.39 is 40.8 Å². The zero-order valence-electron chi connectivity index (χ0n) is 23.8. The third-order valence-electron chi connectivity index (χ3n) is 8.37. The predicted octanol–water partition coefficient (Wildman–Crippen LogP) is 3.45. The van der Waals surface area contributed by atoms with E-state index in [9.17, 15) is 14.7 Å². The van der Waals surface area contributed by atoms with Gasteiger partial charge < -0.3 is 30.0 Å². The second-order valence-corrected chi connectivity index (χ2v) is 12.0. The van der Waals surface area contributed by atoms with Crippen LogP contribution in [-0.4, -0.2) is 64.3 Å². The molecule has 0 aromatic heterocycles. The molecule has 5 atom stereocenters. The summed E-state index contributed by atoms with van der Waals surface area (Å²) in [5.74, 6) is 0.520. The number of hydrogen-bond donors (Lipinski definition) is 4. The van der Waals surface area contributed by atoms with Gasteiger partial charge >= 0.3 is 0 Å². The molecule has 10 heteroatoms. The molecule has 5 rings (SSSR count). The summed E-state index contributed by atoms with van der Waals surface area (Å²) in [6.45, 7) is 9.47. The fourth-order valence-electron chi connectivity index (χ4n) is 5.99. The monoisotopic (exact) mass is 550 g/mol. The lowest BCUT2D eigenvalue weighted by atomic mass is 9.86. The van der Waals surface area contributed by atoms with Crippen LogP contribution in [0.4, 0.5) is 0 Å². The maximum atomic E-state index is 13.6. The van der Waals surface area contributed by atoms with Crippen molar-refractivity contribution >= 4 is 17.8 Å². The summed E-state index contributed by atoms with van der Waals surface area (Å²) in [5, 5.41) is 26.1. The molecule has 3 aliphatic heterocycles. The minimum atomic E-state index is -0.993. The molecule has 3 aliphatic rings. The molecule has 40 heavy (non-hydrogen) atoms. The summed E-state index contributed by atoms with van der Waals surface area (Å²) in [7, 11) is 1.56. The zero-order chi connectivity index (χ0) is 29.0. The van der Waals surface area contributed by atoms with Crippen LogP contribution >= 0.6 is 0 Å². The minimum absolute atomic E-state index is 0.0107. The van der Waals surface area contributed by atoms with E-state index in [1.165, 1.54) is 4.90 Å². The molecule has 0 spiro atoms. The Bertz CT molecular complexity index is 1340. The van der Waals surface area contributed by atoms with E-state index >= 15 is 0 Å². The number of para-hydroxylation sites is 1. The molecule has 1 fully saturated rings. The number of rotatable bonds is 6. The van der Waals surface area contributed by atoms with Gasteiger partial charge in [-0.25, -0.2) is 0 Å². The van der Waals surface area contributed by atoms with Crippen molar-refractivity contribution in [3.63, 3.8) is 0 Å². The van der Waals surface area contributed by atoms with E-state index in [1.54, 1.807) is 39.2 Å². The number of nitrogens with zero attached hydrogens (tertiary/aromatic N) is 1. The second kappa shape index (κ2) is 9.78. The number of benzene rings is 2. The fourth-order valence-corrected chi connectivity index (χ4v) is 5.99. The smallest absolute Gasteiger partial charge is 0.251 e. The van der Waals surface area contributed by atoms with Gasteiger partial charge in [-0.3, -0.25) is 19.9 Å². The highest BCUT2D eigenvalue weighted by atomic mass is 16.5. The molecule has 0 saturated carbocycles. The van der Waals surface area contributed by atoms with Crippen LogP contribution in [0.5, 0.6) is 11.5 Å². The molecule has 2 aromatic carbocycles. The summed E-state index contributed by atoms with van der Waals surface area (Å²) >= 11 is 0. The van der Waals surface area contributed by atoms with Gasteiger partial charge in [-0.15, -0.1) is 0 Å². The van der Waals surface area contributed by atoms with Gasteiger partial charge in [0.05, 0.1) is 19.1 Å². The number of carbonyl (C=O) groups is 2. The lowest BCUT2D eigenvalue weighted by molar-refractivity contribution is -0.136. The van der Waals surface area contributed by atoms with Crippen molar-refractivity contribution in [1.82, 2.24) is 15.5 Å². The van der Waals surface area contributed by atoms with Crippen LogP contribution in [0.15, 0.2) is 42.5 Å². The normalized spacial score (nSPS) is 30.5. The molecule has 0 bridgehead atoms. The first-order valence-electron chi connectivity index (χ1n) is 13.6. The van der Waals surface area contributed by atoms with Crippen molar-refractivity contribution in [2.45, 2.75) is 82.4 Å². The zero-order valence-corrected chi connectivity index (χ0v) is 23.8. The van der Waals surface area contributed by atoms with Crippen LogP contribution in [0.1, 0.15) is 81.0 Å². The molecule has 2 unspecified atom stereocenters. The molecular weight excluding hydrogens is 512 g/mol. The first-order chi connectivity index (χ1) is 18.8. The molecule has 1 saturated heterocycles. The maximum absolute atomic E-state index is 13.6. The summed E-state index contributed by atoms with van der Waals surface area (Å²) < 4.78 is 17.8. The van der Waals surface area contributed by atoms with Gasteiger partial charge in [-0.2, -0.15) is 0 Å². The average molecular weight is 551 g/mol. The van der Waals surface area contributed by atoms with E-state index in [-0.39, 0.29) is 24.9 Å². The third kappa shape index (κ3) is 4.58. The number of guanidine groups is 1. The fraction of sp³-hybridized carbons (Fsp3) is 0.500. The Hall–Kier alpha value is -3.63. The van der Waals surface area contributed by atoms with Crippen LogP contribution in [0.2, 0.25) is 0 Å².